The van der Waals surface area contributed by atoms with E-state index in [1.807, 2.05) is 30.3 Å². The summed E-state index contributed by atoms with van der Waals surface area (Å²) in [5.41, 5.74) is 2.41. The van der Waals surface area contributed by atoms with Crippen molar-refractivity contribution in [1.29, 1.82) is 0 Å². The van der Waals surface area contributed by atoms with Crippen LogP contribution in [-0.4, -0.2) is 24.3 Å². The van der Waals surface area contributed by atoms with Gasteiger partial charge in [-0.05, 0) is 49.4 Å². The fourth-order valence-corrected chi connectivity index (χ4v) is 3.27. The number of hydrogen-bond donors (Lipinski definition) is 2. The number of carbonyl (C=O) groups is 1. The van der Waals surface area contributed by atoms with Crippen molar-refractivity contribution in [2.45, 2.75) is 44.9 Å². The highest BCUT2D eigenvalue weighted by atomic mass is 16.5. The first kappa shape index (κ1) is 18.3. The topological polar surface area (TPSA) is 67.8 Å². The van der Waals surface area contributed by atoms with E-state index < -0.39 is 5.97 Å². The van der Waals surface area contributed by atoms with Gasteiger partial charge in [0.2, 0.25) is 0 Å². The summed E-state index contributed by atoms with van der Waals surface area (Å²) in [6.07, 6.45) is 4.91. The summed E-state index contributed by atoms with van der Waals surface area (Å²) >= 11 is 0. The third-order valence-corrected chi connectivity index (χ3v) is 4.71. The van der Waals surface area contributed by atoms with Crippen molar-refractivity contribution in [2.75, 3.05) is 7.11 Å². The van der Waals surface area contributed by atoms with Crippen LogP contribution in [0.15, 0.2) is 42.5 Å². The molecule has 2 N–H and O–H groups in total. The van der Waals surface area contributed by atoms with Gasteiger partial charge in [-0.2, -0.15) is 0 Å². The lowest BCUT2D eigenvalue weighted by Gasteiger charge is -2.19. The fraction of sp³-hybridized carbons (Fsp3) is 0.381. The van der Waals surface area contributed by atoms with Gasteiger partial charge < -0.3 is 19.9 Å². The number of para-hydroxylation sites is 1. The van der Waals surface area contributed by atoms with E-state index in [0.29, 0.717) is 18.7 Å². The molecular weight excluding hydrogens is 330 g/mol. The number of ether oxygens (including phenoxy) is 2. The first-order valence-electron chi connectivity index (χ1n) is 9.03. The maximum atomic E-state index is 10.9. The Labute approximate surface area is 153 Å². The van der Waals surface area contributed by atoms with E-state index >= 15 is 0 Å². The van der Waals surface area contributed by atoms with E-state index in [9.17, 15) is 4.79 Å². The minimum absolute atomic E-state index is 0.272. The third kappa shape index (κ3) is 4.55. The SMILES string of the molecule is COc1cccc(CNCc2ccc(C(=O)O)cc2)c1OC1CCCC1. The first-order valence-corrected chi connectivity index (χ1v) is 9.03. The molecule has 0 aliphatic heterocycles. The van der Waals surface area contributed by atoms with Crippen LogP contribution in [0.3, 0.4) is 0 Å². The van der Waals surface area contributed by atoms with Crippen molar-refractivity contribution in [3.8, 4) is 11.5 Å². The Morgan fingerprint density at radius 3 is 2.50 bits per heavy atom. The van der Waals surface area contributed by atoms with Crippen molar-refractivity contribution < 1.29 is 19.4 Å². The Bertz CT molecular complexity index is 736. The van der Waals surface area contributed by atoms with Gasteiger partial charge in [0.25, 0.3) is 0 Å². The predicted molar refractivity (Wildman–Crippen MR) is 99.8 cm³/mol. The second-order valence-corrected chi connectivity index (χ2v) is 6.58. The lowest BCUT2D eigenvalue weighted by Crippen LogP contribution is -2.17. The maximum absolute atomic E-state index is 10.9. The van der Waals surface area contributed by atoms with Gasteiger partial charge in [-0.25, -0.2) is 4.79 Å². The van der Waals surface area contributed by atoms with E-state index in [1.165, 1.54) is 12.8 Å². The molecule has 26 heavy (non-hydrogen) atoms. The number of benzene rings is 2. The zero-order valence-corrected chi connectivity index (χ0v) is 15.0. The number of carboxylic acid groups (broad SMARTS) is 1. The molecule has 1 fully saturated rings. The van der Waals surface area contributed by atoms with Crippen LogP contribution in [0.2, 0.25) is 0 Å². The highest BCUT2D eigenvalue weighted by Crippen LogP contribution is 2.34. The molecule has 1 saturated carbocycles. The van der Waals surface area contributed by atoms with Crippen LogP contribution >= 0.6 is 0 Å². The second-order valence-electron chi connectivity index (χ2n) is 6.58. The van der Waals surface area contributed by atoms with Gasteiger partial charge in [0.1, 0.15) is 0 Å². The van der Waals surface area contributed by atoms with Crippen molar-refractivity contribution in [3.63, 3.8) is 0 Å². The standard InChI is InChI=1S/C21H25NO4/c1-25-19-8-4-5-17(20(19)26-18-6-2-3-7-18)14-22-13-15-9-11-16(12-10-15)21(23)24/h4-5,8-12,18,22H,2-3,6-7,13-14H2,1H3,(H,23,24). The molecule has 1 aliphatic rings. The second kappa shape index (κ2) is 8.72. The minimum Gasteiger partial charge on any atom is -0.493 e. The molecule has 0 spiro atoms. The number of nitrogens with one attached hydrogen (secondary N) is 1. The van der Waals surface area contributed by atoms with Crippen LogP contribution in [0.25, 0.3) is 0 Å². The molecule has 5 heteroatoms. The Morgan fingerprint density at radius 1 is 1.12 bits per heavy atom. The van der Waals surface area contributed by atoms with Crippen LogP contribution in [0, 0.1) is 0 Å². The van der Waals surface area contributed by atoms with Crippen LogP contribution in [-0.2, 0) is 13.1 Å². The molecule has 0 atom stereocenters. The summed E-state index contributed by atoms with van der Waals surface area (Å²) in [6, 6.07) is 12.9. The van der Waals surface area contributed by atoms with Crippen LogP contribution in [0.4, 0.5) is 0 Å². The molecule has 0 radical (unpaired) electrons. The molecule has 0 bridgehead atoms. The van der Waals surface area contributed by atoms with Gasteiger partial charge in [0, 0.05) is 18.7 Å². The van der Waals surface area contributed by atoms with Crippen molar-refractivity contribution in [2.24, 2.45) is 0 Å². The van der Waals surface area contributed by atoms with Gasteiger partial charge in [-0.15, -0.1) is 0 Å². The molecule has 0 saturated heterocycles. The molecule has 0 aromatic heterocycles. The van der Waals surface area contributed by atoms with Crippen molar-refractivity contribution in [1.82, 2.24) is 5.32 Å². The number of carboxylic acids is 1. The summed E-state index contributed by atoms with van der Waals surface area (Å²) < 4.78 is 11.7. The molecule has 3 rings (SSSR count). The smallest absolute Gasteiger partial charge is 0.335 e. The van der Waals surface area contributed by atoms with Gasteiger partial charge in [0.05, 0.1) is 18.8 Å². The predicted octanol–water partition coefficient (Wildman–Crippen LogP) is 4.00. The van der Waals surface area contributed by atoms with Crippen LogP contribution in [0.1, 0.15) is 47.2 Å². The lowest BCUT2D eigenvalue weighted by molar-refractivity contribution is 0.0697. The zero-order chi connectivity index (χ0) is 18.4. The van der Waals surface area contributed by atoms with E-state index in [-0.39, 0.29) is 6.10 Å². The van der Waals surface area contributed by atoms with Gasteiger partial charge >= 0.3 is 5.97 Å². The Balaban J connectivity index is 1.64. The van der Waals surface area contributed by atoms with Crippen molar-refractivity contribution in [3.05, 3.63) is 59.2 Å². The molecule has 2 aromatic rings. The first-order chi connectivity index (χ1) is 12.7. The molecule has 0 amide bonds. The van der Waals surface area contributed by atoms with Gasteiger partial charge in [-0.1, -0.05) is 24.3 Å². The minimum atomic E-state index is -0.908. The Hall–Kier alpha value is -2.53. The average molecular weight is 355 g/mol. The molecule has 138 valence electrons. The summed E-state index contributed by atoms with van der Waals surface area (Å²) in [5.74, 6) is 0.687. The summed E-state index contributed by atoms with van der Waals surface area (Å²) in [5, 5.41) is 12.4. The third-order valence-electron chi connectivity index (χ3n) is 4.71. The summed E-state index contributed by atoms with van der Waals surface area (Å²) in [4.78, 5) is 10.9. The Kier molecular flexibility index (Phi) is 6.12. The van der Waals surface area contributed by atoms with Crippen LogP contribution in [0.5, 0.6) is 11.5 Å². The van der Waals surface area contributed by atoms with Crippen LogP contribution < -0.4 is 14.8 Å². The quantitative estimate of drug-likeness (QED) is 0.749. The average Bonchev–Trinajstić information content (AvgIpc) is 3.16. The Morgan fingerprint density at radius 2 is 1.85 bits per heavy atom. The monoisotopic (exact) mass is 355 g/mol. The molecule has 0 heterocycles. The van der Waals surface area contributed by atoms with Gasteiger partial charge in [0.15, 0.2) is 11.5 Å². The molecular formula is C21H25NO4. The number of rotatable bonds is 8. The van der Waals surface area contributed by atoms with E-state index in [4.69, 9.17) is 14.6 Å². The van der Waals surface area contributed by atoms with E-state index in [0.717, 1.165) is 35.5 Å². The highest BCUT2D eigenvalue weighted by Gasteiger charge is 2.20. The molecule has 5 nitrogen and oxygen atoms in total. The van der Waals surface area contributed by atoms with E-state index in [1.54, 1.807) is 19.2 Å². The lowest BCUT2D eigenvalue weighted by atomic mass is 10.1. The molecule has 0 unspecified atom stereocenters. The molecule has 2 aromatic carbocycles. The number of aromatic carboxylic acids is 1. The normalized spacial score (nSPS) is 14.3. The van der Waals surface area contributed by atoms with E-state index in [2.05, 4.69) is 5.32 Å². The highest BCUT2D eigenvalue weighted by molar-refractivity contribution is 5.87. The zero-order valence-electron chi connectivity index (χ0n) is 15.0. The molecule has 1 aliphatic carbocycles. The van der Waals surface area contributed by atoms with Gasteiger partial charge in [-0.3, -0.25) is 0 Å². The fourth-order valence-electron chi connectivity index (χ4n) is 3.27. The maximum Gasteiger partial charge on any atom is 0.335 e. The summed E-state index contributed by atoms with van der Waals surface area (Å²) in [6.45, 7) is 1.31. The largest absolute Gasteiger partial charge is 0.493 e. The number of methoxy groups -OCH3 is 1. The number of hydrogen-bond acceptors (Lipinski definition) is 4. The summed E-state index contributed by atoms with van der Waals surface area (Å²) in [7, 11) is 1.66. The van der Waals surface area contributed by atoms with Crippen molar-refractivity contribution >= 4 is 5.97 Å².